The fraction of sp³-hybridized carbons (Fsp3) is 0.200. The van der Waals surface area contributed by atoms with Crippen LogP contribution < -0.4 is 16.0 Å². The Balaban J connectivity index is 1.82. The molecule has 0 radical (unpaired) electrons. The highest BCUT2D eigenvalue weighted by Gasteiger charge is 2.35. The topological polar surface area (TPSA) is 96.1 Å². The van der Waals surface area contributed by atoms with E-state index < -0.39 is 0 Å². The molecule has 2 aromatic heterocycles. The van der Waals surface area contributed by atoms with E-state index in [4.69, 9.17) is 5.73 Å². The standard InChI is InChI=1S/C25H25N5O2/c1-29(2)20-10-5-8-16-18(14-30(23(16)20)12-6-11-26)22-21(24(31)28-25(22)32)17-13-27-19-9-4-3-7-15(17)19/h3-5,7-10,13-14,27H,6,11-12,26H2,1-2H3,(H,28,31,32). The molecule has 3 heterocycles. The van der Waals surface area contributed by atoms with Gasteiger partial charge in [0.15, 0.2) is 0 Å². The van der Waals surface area contributed by atoms with E-state index in [-0.39, 0.29) is 11.8 Å². The van der Waals surface area contributed by atoms with Gasteiger partial charge in [0, 0.05) is 60.4 Å². The van der Waals surface area contributed by atoms with Gasteiger partial charge in [-0.2, -0.15) is 0 Å². The summed E-state index contributed by atoms with van der Waals surface area (Å²) in [4.78, 5) is 31.3. The molecular formula is C25H25N5O2. The average molecular weight is 428 g/mol. The van der Waals surface area contributed by atoms with Crippen LogP contribution in [0.4, 0.5) is 5.69 Å². The first-order valence-corrected chi connectivity index (χ1v) is 10.7. The number of hydrogen-bond acceptors (Lipinski definition) is 4. The van der Waals surface area contributed by atoms with Gasteiger partial charge >= 0.3 is 0 Å². The molecule has 32 heavy (non-hydrogen) atoms. The molecule has 5 rings (SSSR count). The first kappa shape index (κ1) is 20.1. The molecule has 0 unspecified atom stereocenters. The number of nitrogens with zero attached hydrogens (tertiary/aromatic N) is 2. The zero-order valence-corrected chi connectivity index (χ0v) is 18.1. The van der Waals surface area contributed by atoms with Gasteiger partial charge in [-0.3, -0.25) is 14.9 Å². The lowest BCUT2D eigenvalue weighted by atomic mass is 9.95. The molecule has 162 valence electrons. The van der Waals surface area contributed by atoms with Gasteiger partial charge in [-0.25, -0.2) is 0 Å². The van der Waals surface area contributed by atoms with E-state index in [1.54, 1.807) is 6.20 Å². The SMILES string of the molecule is CN(C)c1cccc2c(C3=C(c4c[nH]c5ccccc45)C(=O)NC3=O)cn(CCCN)c12. The quantitative estimate of drug-likeness (QED) is 0.412. The Morgan fingerprint density at radius 1 is 0.938 bits per heavy atom. The number of imide groups is 1. The number of fused-ring (bicyclic) bond motifs is 2. The highest BCUT2D eigenvalue weighted by molar-refractivity contribution is 6.50. The predicted molar refractivity (Wildman–Crippen MR) is 128 cm³/mol. The number of para-hydroxylation sites is 2. The van der Waals surface area contributed by atoms with Crippen LogP contribution in [0.5, 0.6) is 0 Å². The Labute approximate surface area is 185 Å². The van der Waals surface area contributed by atoms with Crippen LogP contribution >= 0.6 is 0 Å². The summed E-state index contributed by atoms with van der Waals surface area (Å²) in [6, 6.07) is 13.8. The smallest absolute Gasteiger partial charge is 0.259 e. The van der Waals surface area contributed by atoms with E-state index in [0.717, 1.165) is 51.6 Å². The number of carbonyl (C=O) groups excluding carboxylic acids is 2. The van der Waals surface area contributed by atoms with Crippen LogP contribution in [0.1, 0.15) is 17.5 Å². The molecule has 1 aliphatic rings. The van der Waals surface area contributed by atoms with E-state index >= 15 is 0 Å². The minimum atomic E-state index is -0.374. The Morgan fingerprint density at radius 3 is 2.41 bits per heavy atom. The number of anilines is 1. The van der Waals surface area contributed by atoms with Gasteiger partial charge in [0.25, 0.3) is 11.8 Å². The molecule has 7 nitrogen and oxygen atoms in total. The summed E-state index contributed by atoms with van der Waals surface area (Å²) in [5.74, 6) is -0.746. The number of benzene rings is 2. The summed E-state index contributed by atoms with van der Waals surface area (Å²) in [6.07, 6.45) is 4.59. The maximum atomic E-state index is 13.1. The van der Waals surface area contributed by atoms with Crippen LogP contribution in [0.3, 0.4) is 0 Å². The molecule has 0 spiro atoms. The number of hydrogen-bond donors (Lipinski definition) is 3. The average Bonchev–Trinajstić information content (AvgIpc) is 3.44. The second-order valence-electron chi connectivity index (χ2n) is 8.23. The summed E-state index contributed by atoms with van der Waals surface area (Å²) in [5.41, 5.74) is 11.1. The van der Waals surface area contributed by atoms with Crippen LogP contribution in [0, 0.1) is 0 Å². The molecule has 0 bridgehead atoms. The molecule has 4 N–H and O–H groups in total. The second kappa shape index (κ2) is 7.69. The van der Waals surface area contributed by atoms with Crippen molar-refractivity contribution in [3.8, 4) is 0 Å². The lowest BCUT2D eigenvalue weighted by molar-refractivity contribution is -0.122. The van der Waals surface area contributed by atoms with Crippen molar-refractivity contribution in [3.63, 3.8) is 0 Å². The molecule has 0 atom stereocenters. The largest absolute Gasteiger partial charge is 0.376 e. The van der Waals surface area contributed by atoms with Crippen LogP contribution in [-0.4, -0.2) is 42.0 Å². The maximum absolute atomic E-state index is 13.1. The number of aromatic nitrogens is 2. The summed E-state index contributed by atoms with van der Waals surface area (Å²) in [6.45, 7) is 1.30. The Morgan fingerprint density at radius 2 is 1.66 bits per heavy atom. The molecule has 2 aromatic carbocycles. The summed E-state index contributed by atoms with van der Waals surface area (Å²) in [7, 11) is 3.99. The van der Waals surface area contributed by atoms with Gasteiger partial charge in [0.1, 0.15) is 0 Å². The normalized spacial score (nSPS) is 14.1. The van der Waals surface area contributed by atoms with Gasteiger partial charge < -0.3 is 20.2 Å². The number of nitrogens with one attached hydrogen (secondary N) is 2. The fourth-order valence-electron chi connectivity index (χ4n) is 4.59. The van der Waals surface area contributed by atoms with Crippen molar-refractivity contribution < 1.29 is 9.59 Å². The number of aromatic amines is 1. The molecular weight excluding hydrogens is 402 g/mol. The summed E-state index contributed by atoms with van der Waals surface area (Å²) < 4.78 is 2.14. The predicted octanol–water partition coefficient (Wildman–Crippen LogP) is 3.10. The van der Waals surface area contributed by atoms with Crippen molar-refractivity contribution in [2.24, 2.45) is 5.73 Å². The number of H-pyrrole nitrogens is 1. The lowest BCUT2D eigenvalue weighted by Crippen LogP contribution is -2.22. The van der Waals surface area contributed by atoms with Crippen LogP contribution in [0.15, 0.2) is 54.9 Å². The van der Waals surface area contributed by atoms with Gasteiger partial charge in [-0.1, -0.05) is 30.3 Å². The third kappa shape index (κ3) is 3.01. The first-order valence-electron chi connectivity index (χ1n) is 10.7. The van der Waals surface area contributed by atoms with E-state index in [1.807, 2.05) is 56.7 Å². The van der Waals surface area contributed by atoms with Crippen molar-refractivity contribution in [3.05, 3.63) is 66.0 Å². The van der Waals surface area contributed by atoms with Crippen LogP contribution in [-0.2, 0) is 16.1 Å². The molecule has 4 aromatic rings. The molecule has 1 aliphatic heterocycles. The molecule has 0 saturated heterocycles. The van der Waals surface area contributed by atoms with E-state index in [0.29, 0.717) is 17.7 Å². The van der Waals surface area contributed by atoms with Crippen molar-refractivity contribution in [1.29, 1.82) is 0 Å². The van der Waals surface area contributed by atoms with Gasteiger partial charge in [0.05, 0.1) is 22.4 Å². The summed E-state index contributed by atoms with van der Waals surface area (Å²) in [5, 5.41) is 4.36. The summed E-state index contributed by atoms with van der Waals surface area (Å²) >= 11 is 0. The minimum Gasteiger partial charge on any atom is -0.376 e. The van der Waals surface area contributed by atoms with E-state index in [2.05, 4.69) is 25.8 Å². The number of rotatable bonds is 6. The number of carbonyl (C=O) groups is 2. The van der Waals surface area contributed by atoms with Crippen molar-refractivity contribution in [1.82, 2.24) is 14.9 Å². The zero-order chi connectivity index (χ0) is 22.4. The van der Waals surface area contributed by atoms with Gasteiger partial charge in [0.2, 0.25) is 0 Å². The number of amides is 2. The fourth-order valence-corrected chi connectivity index (χ4v) is 4.59. The van der Waals surface area contributed by atoms with Crippen molar-refractivity contribution in [2.75, 3.05) is 25.5 Å². The third-order valence-electron chi connectivity index (χ3n) is 6.02. The Bertz CT molecular complexity index is 1410. The second-order valence-corrected chi connectivity index (χ2v) is 8.23. The zero-order valence-electron chi connectivity index (χ0n) is 18.1. The van der Waals surface area contributed by atoms with Gasteiger partial charge in [-0.05, 0) is 25.1 Å². The Kier molecular flexibility index (Phi) is 4.83. The molecule has 0 aliphatic carbocycles. The van der Waals surface area contributed by atoms with Crippen LogP contribution in [0.25, 0.3) is 33.0 Å². The van der Waals surface area contributed by atoms with E-state index in [1.165, 1.54) is 0 Å². The van der Waals surface area contributed by atoms with Crippen LogP contribution in [0.2, 0.25) is 0 Å². The number of nitrogens with two attached hydrogens (primary N) is 1. The Hall–Kier alpha value is -3.84. The first-order chi connectivity index (χ1) is 15.5. The van der Waals surface area contributed by atoms with E-state index in [9.17, 15) is 9.59 Å². The molecule has 7 heteroatoms. The molecule has 0 saturated carbocycles. The highest BCUT2D eigenvalue weighted by atomic mass is 16.2. The van der Waals surface area contributed by atoms with Gasteiger partial charge in [-0.15, -0.1) is 0 Å². The number of aryl methyl sites for hydroxylation is 1. The maximum Gasteiger partial charge on any atom is 0.259 e. The van der Waals surface area contributed by atoms with Crippen molar-refractivity contribution >= 4 is 50.5 Å². The third-order valence-corrected chi connectivity index (χ3v) is 6.02. The molecule has 2 amide bonds. The monoisotopic (exact) mass is 427 g/mol. The molecule has 0 fully saturated rings. The highest BCUT2D eigenvalue weighted by Crippen LogP contribution is 2.40. The lowest BCUT2D eigenvalue weighted by Gasteiger charge is -2.16. The minimum absolute atomic E-state index is 0.372. The van der Waals surface area contributed by atoms with Crippen molar-refractivity contribution in [2.45, 2.75) is 13.0 Å².